The van der Waals surface area contributed by atoms with Gasteiger partial charge in [-0.3, -0.25) is 0 Å². The van der Waals surface area contributed by atoms with Crippen molar-refractivity contribution in [3.8, 4) is 0 Å². The fourth-order valence-corrected chi connectivity index (χ4v) is 2.47. The molecular weight excluding hydrogens is 188 g/mol. The summed E-state index contributed by atoms with van der Waals surface area (Å²) in [5.74, 6) is 0. The van der Waals surface area contributed by atoms with E-state index in [-0.39, 0.29) is 0 Å². The van der Waals surface area contributed by atoms with Gasteiger partial charge in [0, 0.05) is 25.6 Å². The largest absolute Gasteiger partial charge is 0.384 e. The predicted octanol–water partition coefficient (Wildman–Crippen LogP) is 1.12. The van der Waals surface area contributed by atoms with E-state index < -0.39 is 0 Å². The molecule has 3 nitrogen and oxygen atoms in total. The Hall–Kier alpha value is -0.380. The van der Waals surface area contributed by atoms with Crippen LogP contribution in [0.5, 0.6) is 0 Å². The van der Waals surface area contributed by atoms with E-state index in [1.165, 1.54) is 12.8 Å². The lowest BCUT2D eigenvalue weighted by atomic mass is 9.79. The molecule has 0 aromatic carbocycles. The molecule has 1 aliphatic heterocycles. The molecule has 1 aliphatic rings. The van der Waals surface area contributed by atoms with Crippen LogP contribution in [0, 0.1) is 5.41 Å². The number of ether oxygens (including phenoxy) is 1. The number of likely N-dealkylation sites (N-methyl/N-ethyl adjacent to an activating group) is 1. The molecule has 0 bridgehead atoms. The first kappa shape index (κ1) is 12.7. The number of hydrogen-bond acceptors (Lipinski definition) is 3. The Morgan fingerprint density at radius 3 is 2.67 bits per heavy atom. The van der Waals surface area contributed by atoms with E-state index in [1.54, 1.807) is 7.11 Å². The van der Waals surface area contributed by atoms with E-state index in [9.17, 15) is 0 Å². The first-order valence-corrected chi connectivity index (χ1v) is 5.71. The minimum Gasteiger partial charge on any atom is -0.384 e. The van der Waals surface area contributed by atoms with Crippen molar-refractivity contribution in [2.24, 2.45) is 5.41 Å². The van der Waals surface area contributed by atoms with Gasteiger partial charge in [-0.15, -0.1) is 6.58 Å². The van der Waals surface area contributed by atoms with E-state index in [4.69, 9.17) is 4.74 Å². The van der Waals surface area contributed by atoms with E-state index in [2.05, 4.69) is 23.8 Å². The highest BCUT2D eigenvalue weighted by Crippen LogP contribution is 2.29. The second-order valence-corrected chi connectivity index (χ2v) is 4.67. The molecule has 0 aliphatic carbocycles. The molecule has 0 aromatic heterocycles. The topological polar surface area (TPSA) is 24.5 Å². The van der Waals surface area contributed by atoms with Gasteiger partial charge in [-0.2, -0.15) is 0 Å². The standard InChI is InChI=1S/C12H24N2O/c1-4-9-14(2)10-12(11-15-3)5-7-13-8-6-12/h4,13H,1,5-11H2,2-3H3. The fraction of sp³-hybridized carbons (Fsp3) is 0.833. The minimum atomic E-state index is 0.345. The summed E-state index contributed by atoms with van der Waals surface area (Å²) in [5, 5.41) is 3.41. The Bertz CT molecular complexity index is 183. The lowest BCUT2D eigenvalue weighted by Gasteiger charge is -2.39. The molecule has 0 saturated carbocycles. The van der Waals surface area contributed by atoms with Crippen LogP contribution in [0.15, 0.2) is 12.7 Å². The van der Waals surface area contributed by atoms with Gasteiger partial charge in [-0.1, -0.05) is 6.08 Å². The summed E-state index contributed by atoms with van der Waals surface area (Å²) in [4.78, 5) is 2.33. The zero-order valence-electron chi connectivity index (χ0n) is 10.1. The van der Waals surface area contributed by atoms with Crippen LogP contribution in [-0.4, -0.2) is 51.8 Å². The highest BCUT2D eigenvalue weighted by molar-refractivity contribution is 4.88. The minimum absolute atomic E-state index is 0.345. The van der Waals surface area contributed by atoms with Gasteiger partial charge < -0.3 is 15.0 Å². The first-order chi connectivity index (χ1) is 7.22. The molecule has 0 unspecified atom stereocenters. The van der Waals surface area contributed by atoms with Crippen molar-refractivity contribution < 1.29 is 4.74 Å². The van der Waals surface area contributed by atoms with Crippen molar-refractivity contribution in [2.45, 2.75) is 12.8 Å². The van der Waals surface area contributed by atoms with Crippen LogP contribution in [0.2, 0.25) is 0 Å². The molecule has 1 heterocycles. The second kappa shape index (κ2) is 6.26. The quantitative estimate of drug-likeness (QED) is 0.668. The highest BCUT2D eigenvalue weighted by Gasteiger charge is 2.32. The molecule has 1 rings (SSSR count). The van der Waals surface area contributed by atoms with Crippen molar-refractivity contribution in [2.75, 3.05) is 46.9 Å². The smallest absolute Gasteiger partial charge is 0.0531 e. The number of piperidine rings is 1. The van der Waals surface area contributed by atoms with Crippen molar-refractivity contribution in [1.29, 1.82) is 0 Å². The summed E-state index contributed by atoms with van der Waals surface area (Å²) in [6.07, 6.45) is 4.38. The summed E-state index contributed by atoms with van der Waals surface area (Å²) in [7, 11) is 3.96. The summed E-state index contributed by atoms with van der Waals surface area (Å²) >= 11 is 0. The van der Waals surface area contributed by atoms with Crippen molar-refractivity contribution in [3.05, 3.63) is 12.7 Å². The lowest BCUT2D eigenvalue weighted by Crippen LogP contribution is -2.46. The molecule has 1 saturated heterocycles. The van der Waals surface area contributed by atoms with Crippen molar-refractivity contribution in [1.82, 2.24) is 10.2 Å². The average molecular weight is 212 g/mol. The third kappa shape index (κ3) is 3.93. The molecule has 0 aromatic rings. The number of methoxy groups -OCH3 is 1. The Morgan fingerprint density at radius 2 is 2.13 bits per heavy atom. The maximum absolute atomic E-state index is 5.38. The predicted molar refractivity (Wildman–Crippen MR) is 64.1 cm³/mol. The van der Waals surface area contributed by atoms with E-state index in [0.29, 0.717) is 5.41 Å². The number of hydrogen-bond donors (Lipinski definition) is 1. The van der Waals surface area contributed by atoms with Gasteiger partial charge in [0.05, 0.1) is 6.61 Å². The molecule has 3 heteroatoms. The molecule has 0 amide bonds. The van der Waals surface area contributed by atoms with Gasteiger partial charge in [-0.25, -0.2) is 0 Å². The SMILES string of the molecule is C=CCN(C)CC1(COC)CCNCC1. The molecule has 15 heavy (non-hydrogen) atoms. The normalized spacial score (nSPS) is 20.5. The van der Waals surface area contributed by atoms with Gasteiger partial charge in [0.1, 0.15) is 0 Å². The Labute approximate surface area is 93.5 Å². The average Bonchev–Trinajstić information content (AvgIpc) is 2.19. The molecular formula is C12H24N2O. The van der Waals surface area contributed by atoms with E-state index in [1.807, 2.05) is 6.08 Å². The third-order valence-electron chi connectivity index (χ3n) is 3.16. The summed E-state index contributed by atoms with van der Waals surface area (Å²) in [6, 6.07) is 0. The summed E-state index contributed by atoms with van der Waals surface area (Å²) in [6.45, 7) is 8.94. The highest BCUT2D eigenvalue weighted by atomic mass is 16.5. The van der Waals surface area contributed by atoms with Crippen LogP contribution in [-0.2, 0) is 4.74 Å². The first-order valence-electron chi connectivity index (χ1n) is 5.71. The molecule has 0 atom stereocenters. The van der Waals surface area contributed by atoms with Crippen LogP contribution in [0.4, 0.5) is 0 Å². The van der Waals surface area contributed by atoms with Crippen molar-refractivity contribution >= 4 is 0 Å². The second-order valence-electron chi connectivity index (χ2n) is 4.67. The number of nitrogens with one attached hydrogen (secondary N) is 1. The number of rotatable bonds is 6. The monoisotopic (exact) mass is 212 g/mol. The van der Waals surface area contributed by atoms with Crippen molar-refractivity contribution in [3.63, 3.8) is 0 Å². The van der Waals surface area contributed by atoms with Gasteiger partial charge in [0.2, 0.25) is 0 Å². The van der Waals surface area contributed by atoms with Crippen LogP contribution in [0.1, 0.15) is 12.8 Å². The maximum atomic E-state index is 5.38. The summed E-state index contributed by atoms with van der Waals surface area (Å²) in [5.41, 5.74) is 0.345. The lowest BCUT2D eigenvalue weighted by molar-refractivity contribution is 0.0309. The van der Waals surface area contributed by atoms with Gasteiger partial charge in [0.25, 0.3) is 0 Å². The zero-order chi connectivity index (χ0) is 11.1. The van der Waals surface area contributed by atoms with Gasteiger partial charge in [0.15, 0.2) is 0 Å². The van der Waals surface area contributed by atoms with Gasteiger partial charge >= 0.3 is 0 Å². The number of nitrogens with zero attached hydrogens (tertiary/aromatic N) is 1. The Morgan fingerprint density at radius 1 is 1.47 bits per heavy atom. The third-order valence-corrected chi connectivity index (χ3v) is 3.16. The zero-order valence-corrected chi connectivity index (χ0v) is 10.1. The molecule has 1 N–H and O–H groups in total. The summed E-state index contributed by atoms with van der Waals surface area (Å²) < 4.78 is 5.38. The van der Waals surface area contributed by atoms with Crippen LogP contribution >= 0.6 is 0 Å². The van der Waals surface area contributed by atoms with E-state index in [0.717, 1.165) is 32.8 Å². The van der Waals surface area contributed by atoms with Crippen LogP contribution < -0.4 is 5.32 Å². The molecule has 1 fully saturated rings. The van der Waals surface area contributed by atoms with E-state index >= 15 is 0 Å². The molecule has 0 spiro atoms. The Kier molecular flexibility index (Phi) is 5.29. The van der Waals surface area contributed by atoms with Crippen LogP contribution in [0.25, 0.3) is 0 Å². The molecule has 0 radical (unpaired) electrons. The Balaban J connectivity index is 2.50. The maximum Gasteiger partial charge on any atom is 0.0531 e. The van der Waals surface area contributed by atoms with Gasteiger partial charge in [-0.05, 0) is 33.0 Å². The molecule has 88 valence electrons. The fourth-order valence-electron chi connectivity index (χ4n) is 2.47. The van der Waals surface area contributed by atoms with Crippen LogP contribution in [0.3, 0.4) is 0 Å².